The second-order valence-electron chi connectivity index (χ2n) is 12.1. The van der Waals surface area contributed by atoms with E-state index in [9.17, 15) is 14.7 Å². The van der Waals surface area contributed by atoms with Crippen LogP contribution in [-0.2, 0) is 57.8 Å². The van der Waals surface area contributed by atoms with Crippen molar-refractivity contribution in [1.29, 1.82) is 0 Å². The zero-order valence-electron chi connectivity index (χ0n) is 27.3. The fourth-order valence-electron chi connectivity index (χ4n) is 4.91. The molecule has 2 N–H and O–H groups in total. The Morgan fingerprint density at radius 2 is 1.30 bits per heavy atom. The summed E-state index contributed by atoms with van der Waals surface area (Å²) in [6.07, 6.45) is -5.87. The summed E-state index contributed by atoms with van der Waals surface area (Å²) < 4.78 is 41.2. The number of ether oxygens (including phenoxy) is 7. The molecule has 0 aliphatic carbocycles. The van der Waals surface area contributed by atoms with E-state index in [0.29, 0.717) is 6.61 Å². The van der Waals surface area contributed by atoms with Crippen LogP contribution in [0, 0.1) is 0 Å². The molecule has 1 aliphatic heterocycles. The highest BCUT2D eigenvalue weighted by atomic mass is 16.7. The summed E-state index contributed by atoms with van der Waals surface area (Å²) in [7, 11) is 1.19. The fraction of sp³-hybridized carbons (Fsp3) is 0.444. The second kappa shape index (κ2) is 17.9. The standard InChI is InChI=1S/C36H45NO10/c1-36(2,3)47-35(40)37-28(33(39)41-4)23-45-34-30(38)32(44-22-27-18-12-7-13-19-27)31(43-21-26-16-10-6-11-17-26)29(46-34)24-42-20-25-14-8-5-9-15-25/h5-19,28-32,34,38H,20-24H2,1-4H3,(H,37,40)/t28-,29+,30+,31+,32+,34+/m0/s1. The van der Waals surface area contributed by atoms with Crippen LogP contribution in [0.4, 0.5) is 4.79 Å². The molecule has 1 heterocycles. The molecule has 11 nitrogen and oxygen atoms in total. The van der Waals surface area contributed by atoms with Gasteiger partial charge in [-0.25, -0.2) is 9.59 Å². The number of carbonyl (C=O) groups is 2. The van der Waals surface area contributed by atoms with Gasteiger partial charge >= 0.3 is 12.1 Å². The Morgan fingerprint density at radius 3 is 1.81 bits per heavy atom. The van der Waals surface area contributed by atoms with Crippen molar-refractivity contribution in [3.63, 3.8) is 0 Å². The lowest BCUT2D eigenvalue weighted by molar-refractivity contribution is -0.319. The monoisotopic (exact) mass is 651 g/mol. The summed E-state index contributed by atoms with van der Waals surface area (Å²) >= 11 is 0. The number of aliphatic hydroxyl groups is 1. The molecule has 0 spiro atoms. The van der Waals surface area contributed by atoms with Gasteiger partial charge in [0, 0.05) is 0 Å². The maximum absolute atomic E-state index is 12.6. The van der Waals surface area contributed by atoms with Crippen LogP contribution in [0.1, 0.15) is 37.5 Å². The minimum atomic E-state index is -1.34. The Kier molecular flexibility index (Phi) is 13.7. The van der Waals surface area contributed by atoms with Crippen LogP contribution in [0.25, 0.3) is 0 Å². The zero-order chi connectivity index (χ0) is 33.6. The number of hydrogen-bond donors (Lipinski definition) is 2. The van der Waals surface area contributed by atoms with Gasteiger partial charge in [-0.1, -0.05) is 91.0 Å². The zero-order valence-corrected chi connectivity index (χ0v) is 27.3. The number of aliphatic hydroxyl groups excluding tert-OH is 1. The van der Waals surface area contributed by atoms with Crippen molar-refractivity contribution in [3.8, 4) is 0 Å². The number of methoxy groups -OCH3 is 1. The Bertz CT molecular complexity index is 1350. The van der Waals surface area contributed by atoms with E-state index in [4.69, 9.17) is 33.2 Å². The van der Waals surface area contributed by atoms with Gasteiger partial charge in [0.05, 0.1) is 40.1 Å². The van der Waals surface area contributed by atoms with Gasteiger partial charge in [0.15, 0.2) is 12.3 Å². The highest BCUT2D eigenvalue weighted by Gasteiger charge is 2.48. The largest absolute Gasteiger partial charge is 0.467 e. The number of carbonyl (C=O) groups excluding carboxylic acids is 2. The number of benzene rings is 3. The molecule has 6 atom stereocenters. The molecular formula is C36H45NO10. The Balaban J connectivity index is 1.54. The van der Waals surface area contributed by atoms with E-state index >= 15 is 0 Å². The molecule has 0 saturated carbocycles. The first-order valence-electron chi connectivity index (χ1n) is 15.6. The molecule has 0 unspecified atom stereocenters. The number of alkyl carbamates (subject to hydrolysis) is 1. The van der Waals surface area contributed by atoms with Gasteiger partial charge in [0.25, 0.3) is 0 Å². The molecule has 3 aromatic carbocycles. The van der Waals surface area contributed by atoms with E-state index < -0.39 is 54.4 Å². The van der Waals surface area contributed by atoms with Crippen molar-refractivity contribution in [1.82, 2.24) is 5.32 Å². The topological polar surface area (TPSA) is 131 Å². The van der Waals surface area contributed by atoms with E-state index in [1.807, 2.05) is 91.0 Å². The molecule has 0 radical (unpaired) electrons. The highest BCUT2D eigenvalue weighted by Crippen LogP contribution is 2.29. The molecule has 1 aliphatic rings. The third-order valence-electron chi connectivity index (χ3n) is 7.18. The Morgan fingerprint density at radius 1 is 0.787 bits per heavy atom. The van der Waals surface area contributed by atoms with Gasteiger partial charge in [-0.15, -0.1) is 0 Å². The van der Waals surface area contributed by atoms with Crippen molar-refractivity contribution in [2.75, 3.05) is 20.3 Å². The van der Waals surface area contributed by atoms with Crippen molar-refractivity contribution in [2.45, 2.75) is 82.9 Å². The minimum Gasteiger partial charge on any atom is -0.467 e. The first-order valence-corrected chi connectivity index (χ1v) is 15.6. The molecule has 47 heavy (non-hydrogen) atoms. The lowest BCUT2D eigenvalue weighted by Gasteiger charge is -2.44. The number of nitrogens with one attached hydrogen (secondary N) is 1. The molecule has 254 valence electrons. The lowest BCUT2D eigenvalue weighted by Crippen LogP contribution is -2.61. The molecule has 0 bridgehead atoms. The van der Waals surface area contributed by atoms with Crippen LogP contribution < -0.4 is 5.32 Å². The molecule has 3 aromatic rings. The minimum absolute atomic E-state index is 0.0860. The predicted octanol–water partition coefficient (Wildman–Crippen LogP) is 4.54. The number of amides is 1. The van der Waals surface area contributed by atoms with Crippen LogP contribution in [0.5, 0.6) is 0 Å². The van der Waals surface area contributed by atoms with Crippen molar-refractivity contribution >= 4 is 12.1 Å². The number of esters is 1. The first-order chi connectivity index (χ1) is 22.6. The quantitative estimate of drug-likeness (QED) is 0.226. The van der Waals surface area contributed by atoms with E-state index in [0.717, 1.165) is 16.7 Å². The van der Waals surface area contributed by atoms with E-state index in [1.165, 1.54) is 7.11 Å². The molecule has 1 fully saturated rings. The van der Waals surface area contributed by atoms with Gasteiger partial charge in [-0.05, 0) is 37.5 Å². The highest BCUT2D eigenvalue weighted by molar-refractivity contribution is 5.81. The fourth-order valence-corrected chi connectivity index (χ4v) is 4.91. The van der Waals surface area contributed by atoms with Gasteiger partial charge in [-0.3, -0.25) is 0 Å². The van der Waals surface area contributed by atoms with E-state index in [2.05, 4.69) is 5.32 Å². The Labute approximate surface area is 276 Å². The second-order valence-corrected chi connectivity index (χ2v) is 12.1. The summed E-state index contributed by atoms with van der Waals surface area (Å²) in [5.74, 6) is -0.759. The molecule has 11 heteroatoms. The smallest absolute Gasteiger partial charge is 0.408 e. The van der Waals surface area contributed by atoms with Crippen LogP contribution >= 0.6 is 0 Å². The third-order valence-corrected chi connectivity index (χ3v) is 7.18. The lowest BCUT2D eigenvalue weighted by atomic mass is 9.98. The molecule has 0 aromatic heterocycles. The van der Waals surface area contributed by atoms with Crippen molar-refractivity contribution < 1.29 is 47.9 Å². The maximum Gasteiger partial charge on any atom is 0.408 e. The average molecular weight is 652 g/mol. The van der Waals surface area contributed by atoms with Crippen LogP contribution in [0.2, 0.25) is 0 Å². The third kappa shape index (κ3) is 11.7. The van der Waals surface area contributed by atoms with Crippen LogP contribution in [0.15, 0.2) is 91.0 Å². The molecule has 4 rings (SSSR count). The maximum atomic E-state index is 12.6. The normalized spacial score (nSPS) is 21.9. The Hall–Kier alpha value is -3.84. The van der Waals surface area contributed by atoms with E-state index in [1.54, 1.807) is 20.8 Å². The molecule has 1 amide bonds. The molecule has 1 saturated heterocycles. The van der Waals surface area contributed by atoms with Gasteiger partial charge in [-0.2, -0.15) is 0 Å². The molecular weight excluding hydrogens is 606 g/mol. The summed E-state index contributed by atoms with van der Waals surface area (Å²) in [5.41, 5.74) is 2.01. The van der Waals surface area contributed by atoms with Crippen molar-refractivity contribution in [2.24, 2.45) is 0 Å². The summed E-state index contributed by atoms with van der Waals surface area (Å²) in [6.45, 7) is 5.55. The van der Waals surface area contributed by atoms with Crippen LogP contribution in [-0.4, -0.2) is 79.8 Å². The van der Waals surface area contributed by atoms with Crippen LogP contribution in [0.3, 0.4) is 0 Å². The summed E-state index contributed by atoms with van der Waals surface area (Å²) in [6, 6.07) is 27.6. The average Bonchev–Trinajstić information content (AvgIpc) is 3.06. The van der Waals surface area contributed by atoms with Gasteiger partial charge in [0.1, 0.15) is 30.0 Å². The first kappa shape index (κ1) is 36.0. The van der Waals surface area contributed by atoms with Crippen molar-refractivity contribution in [3.05, 3.63) is 108 Å². The summed E-state index contributed by atoms with van der Waals surface area (Å²) in [4.78, 5) is 25.0. The number of rotatable bonds is 15. The van der Waals surface area contributed by atoms with Gasteiger partial charge in [0.2, 0.25) is 0 Å². The summed E-state index contributed by atoms with van der Waals surface area (Å²) in [5, 5.41) is 14.1. The predicted molar refractivity (Wildman–Crippen MR) is 172 cm³/mol. The SMILES string of the molecule is COC(=O)[C@H](CO[C@@H]1O[C@H](COCc2ccccc2)[C@@H](OCc2ccccc2)[C@H](OCc2ccccc2)[C@H]1O)NC(=O)OC(C)(C)C. The number of hydrogen-bond acceptors (Lipinski definition) is 10. The van der Waals surface area contributed by atoms with E-state index in [-0.39, 0.29) is 26.4 Å². The van der Waals surface area contributed by atoms with Gasteiger partial charge < -0.3 is 43.6 Å².